The van der Waals surface area contributed by atoms with Gasteiger partial charge in [0.15, 0.2) is 5.78 Å². The summed E-state index contributed by atoms with van der Waals surface area (Å²) in [7, 11) is 0. The Kier molecular flexibility index (Phi) is 4.98. The van der Waals surface area contributed by atoms with Crippen molar-refractivity contribution < 1.29 is 19.8 Å². The van der Waals surface area contributed by atoms with E-state index < -0.39 is 11.6 Å². The van der Waals surface area contributed by atoms with Crippen LogP contribution in [0.1, 0.15) is 20.7 Å². The molecule has 0 fully saturated rings. The van der Waals surface area contributed by atoms with Crippen molar-refractivity contribution in [1.29, 1.82) is 0 Å². The summed E-state index contributed by atoms with van der Waals surface area (Å²) in [6.07, 6.45) is 1.22. The lowest BCUT2D eigenvalue weighted by atomic mass is 9.93. The topological polar surface area (TPSA) is 74.6 Å². The molecule has 1 aliphatic rings. The molecule has 0 bridgehead atoms. The maximum Gasteiger partial charge on any atom is 0.204 e. The van der Waals surface area contributed by atoms with E-state index in [1.807, 2.05) is 60.7 Å². The monoisotopic (exact) mass is 406 g/mol. The molecular weight excluding hydrogens is 392 g/mol. The van der Waals surface area contributed by atoms with E-state index in [4.69, 9.17) is 0 Å². The zero-order chi connectivity index (χ0) is 19.7. The summed E-state index contributed by atoms with van der Waals surface area (Å²) in [5, 5.41) is 21.1. The van der Waals surface area contributed by atoms with Crippen LogP contribution in [0.15, 0.2) is 92.4 Å². The third-order valence-corrected chi connectivity index (χ3v) is 6.22. The maximum absolute atomic E-state index is 12.9. The van der Waals surface area contributed by atoms with E-state index in [9.17, 15) is 19.8 Å². The third kappa shape index (κ3) is 3.44. The van der Waals surface area contributed by atoms with Gasteiger partial charge < -0.3 is 10.2 Å². The summed E-state index contributed by atoms with van der Waals surface area (Å²) in [6, 6.07) is 19.8. The van der Waals surface area contributed by atoms with Gasteiger partial charge in [-0.1, -0.05) is 59.9 Å². The van der Waals surface area contributed by atoms with Crippen molar-refractivity contribution in [3.05, 3.63) is 88.8 Å². The molecule has 0 spiro atoms. The molecule has 28 heavy (non-hydrogen) atoms. The summed E-state index contributed by atoms with van der Waals surface area (Å²) in [6.45, 7) is 0. The molecule has 6 heteroatoms. The Labute approximate surface area is 169 Å². The molecule has 0 amide bonds. The molecule has 0 radical (unpaired) electrons. The van der Waals surface area contributed by atoms with Crippen LogP contribution in [0, 0.1) is 0 Å². The van der Waals surface area contributed by atoms with Crippen LogP contribution < -0.4 is 0 Å². The molecule has 0 saturated heterocycles. The number of aromatic hydroxyl groups is 2. The zero-order valence-corrected chi connectivity index (χ0v) is 16.1. The number of allylic oxidation sites excluding steroid dienone is 2. The van der Waals surface area contributed by atoms with Gasteiger partial charge in [-0.15, -0.1) is 0 Å². The van der Waals surface area contributed by atoms with Crippen molar-refractivity contribution in [3.63, 3.8) is 0 Å². The van der Waals surface area contributed by atoms with Crippen LogP contribution in [-0.2, 0) is 0 Å². The maximum atomic E-state index is 12.9. The lowest BCUT2D eigenvalue weighted by Gasteiger charge is -2.19. The Bertz CT molecular complexity index is 1110. The van der Waals surface area contributed by atoms with Gasteiger partial charge in [0.25, 0.3) is 0 Å². The van der Waals surface area contributed by atoms with Crippen LogP contribution >= 0.6 is 23.5 Å². The van der Waals surface area contributed by atoms with Crippen LogP contribution in [0.5, 0.6) is 11.5 Å². The number of hydrogen-bond acceptors (Lipinski definition) is 6. The molecule has 0 aromatic heterocycles. The van der Waals surface area contributed by atoms with Gasteiger partial charge in [-0.2, -0.15) is 0 Å². The number of thioether (sulfide) groups is 1. The molecule has 0 aliphatic heterocycles. The number of phenolic OH excluding ortho intramolecular Hbond substituents is 2. The minimum absolute atomic E-state index is 0.152. The second-order valence-corrected chi connectivity index (χ2v) is 8.26. The lowest BCUT2D eigenvalue weighted by molar-refractivity contribution is 0.0986. The van der Waals surface area contributed by atoms with E-state index in [0.717, 1.165) is 21.6 Å². The highest BCUT2D eigenvalue weighted by Crippen LogP contribution is 2.45. The number of carbonyl (C=O) groups excluding carboxylic acids is 2. The minimum atomic E-state index is -0.503. The number of Topliss-reactive ketones (excluding diaryl/α,β-unsaturated/α-hetero) is 1. The quantitative estimate of drug-likeness (QED) is 0.573. The number of hydrogen-bond donors (Lipinski definition) is 2. The second kappa shape index (κ2) is 7.58. The molecule has 3 aromatic carbocycles. The fraction of sp³-hybridized carbons (Fsp3) is 0. The van der Waals surface area contributed by atoms with Crippen LogP contribution in [0.3, 0.4) is 0 Å². The van der Waals surface area contributed by atoms with Crippen molar-refractivity contribution in [2.45, 2.75) is 14.7 Å². The first kappa shape index (κ1) is 18.4. The van der Waals surface area contributed by atoms with E-state index in [1.54, 1.807) is 0 Å². The summed E-state index contributed by atoms with van der Waals surface area (Å²) in [5.74, 6) is -1.59. The first-order valence-electron chi connectivity index (χ1n) is 8.40. The first-order chi connectivity index (χ1) is 13.5. The molecule has 4 rings (SSSR count). The van der Waals surface area contributed by atoms with Gasteiger partial charge in [-0.05, 0) is 30.3 Å². The normalized spacial score (nSPS) is 13.2. The van der Waals surface area contributed by atoms with Crippen LogP contribution in [0.25, 0.3) is 0 Å². The van der Waals surface area contributed by atoms with Gasteiger partial charge in [-0.3, -0.25) is 9.59 Å². The highest BCUT2D eigenvalue weighted by Gasteiger charge is 2.33. The van der Waals surface area contributed by atoms with E-state index in [2.05, 4.69) is 0 Å². The highest BCUT2D eigenvalue weighted by molar-refractivity contribution is 8.04. The molecule has 0 saturated carbocycles. The van der Waals surface area contributed by atoms with E-state index in [1.165, 1.54) is 23.9 Å². The average Bonchev–Trinajstić information content (AvgIpc) is 2.70. The predicted octanol–water partition coefficient (Wildman–Crippen LogP) is 5.30. The van der Waals surface area contributed by atoms with E-state index in [0.29, 0.717) is 4.90 Å². The van der Waals surface area contributed by atoms with Crippen LogP contribution in [-0.4, -0.2) is 21.8 Å². The standard InChI is InChI=1S/C22H14O4S2/c23-15-11-17(27-13-7-3-1-4-8-13)21(25)19-16(24)12-18(22(26)20(15)19)28-14-9-5-2-6-10-14/h1-12,23,25H. The summed E-state index contributed by atoms with van der Waals surface area (Å²) >= 11 is 2.36. The SMILES string of the molecule is O=C1C(Sc2ccccc2)=CC(=O)c2c(O)c(Sc3ccccc3)cc(O)c21. The van der Waals surface area contributed by atoms with Gasteiger partial charge in [0, 0.05) is 15.9 Å². The molecule has 1 aliphatic carbocycles. The Hall–Kier alpha value is -2.96. The van der Waals surface area contributed by atoms with E-state index in [-0.39, 0.29) is 27.5 Å². The highest BCUT2D eigenvalue weighted by atomic mass is 32.2. The second-order valence-electron chi connectivity index (χ2n) is 6.02. The number of carbonyl (C=O) groups is 2. The number of phenols is 2. The fourth-order valence-corrected chi connectivity index (χ4v) is 4.69. The molecule has 3 aromatic rings. The Morgan fingerprint density at radius 3 is 1.89 bits per heavy atom. The van der Waals surface area contributed by atoms with Crippen molar-refractivity contribution in [2.75, 3.05) is 0 Å². The number of ketones is 2. The van der Waals surface area contributed by atoms with Crippen LogP contribution in [0.4, 0.5) is 0 Å². The van der Waals surface area contributed by atoms with Crippen molar-refractivity contribution >= 4 is 35.1 Å². The average molecular weight is 406 g/mol. The third-order valence-electron chi connectivity index (χ3n) is 4.15. The molecule has 0 heterocycles. The van der Waals surface area contributed by atoms with Crippen molar-refractivity contribution in [3.8, 4) is 11.5 Å². The van der Waals surface area contributed by atoms with Gasteiger partial charge in [-0.25, -0.2) is 0 Å². The molecule has 0 unspecified atom stereocenters. The molecular formula is C22H14O4S2. The molecule has 2 N–H and O–H groups in total. The summed E-state index contributed by atoms with van der Waals surface area (Å²) < 4.78 is 0. The molecule has 138 valence electrons. The largest absolute Gasteiger partial charge is 0.507 e. The first-order valence-corrected chi connectivity index (χ1v) is 10.0. The van der Waals surface area contributed by atoms with Gasteiger partial charge >= 0.3 is 0 Å². The van der Waals surface area contributed by atoms with Crippen molar-refractivity contribution in [2.24, 2.45) is 0 Å². The Morgan fingerprint density at radius 1 is 0.714 bits per heavy atom. The predicted molar refractivity (Wildman–Crippen MR) is 109 cm³/mol. The molecule has 4 nitrogen and oxygen atoms in total. The summed E-state index contributed by atoms with van der Waals surface area (Å²) in [5.41, 5.74) is -0.304. The number of fused-ring (bicyclic) bond motifs is 1. The van der Waals surface area contributed by atoms with Gasteiger partial charge in [0.2, 0.25) is 5.78 Å². The smallest absolute Gasteiger partial charge is 0.204 e. The lowest BCUT2D eigenvalue weighted by Crippen LogP contribution is -2.16. The van der Waals surface area contributed by atoms with Crippen LogP contribution in [0.2, 0.25) is 0 Å². The van der Waals surface area contributed by atoms with E-state index >= 15 is 0 Å². The Balaban J connectivity index is 1.73. The Morgan fingerprint density at radius 2 is 1.29 bits per heavy atom. The van der Waals surface area contributed by atoms with Crippen molar-refractivity contribution in [1.82, 2.24) is 0 Å². The number of rotatable bonds is 4. The summed E-state index contributed by atoms with van der Waals surface area (Å²) in [4.78, 5) is 27.7. The number of benzene rings is 3. The molecule has 0 atom stereocenters. The minimum Gasteiger partial charge on any atom is -0.507 e. The zero-order valence-electron chi connectivity index (χ0n) is 14.5. The van der Waals surface area contributed by atoms with Gasteiger partial charge in [0.1, 0.15) is 11.5 Å². The van der Waals surface area contributed by atoms with Gasteiger partial charge in [0.05, 0.1) is 20.9 Å². The fourth-order valence-electron chi connectivity index (χ4n) is 2.87.